The second kappa shape index (κ2) is 4.85. The van der Waals surface area contributed by atoms with Crippen molar-refractivity contribution in [2.75, 3.05) is 6.61 Å². The largest absolute Gasteiger partial charge is 0.411 e. The molecule has 2 rings (SSSR count). The van der Waals surface area contributed by atoms with E-state index in [1.807, 2.05) is 0 Å². The molecule has 0 unspecified atom stereocenters. The second-order valence-electron chi connectivity index (χ2n) is 4.61. The van der Waals surface area contributed by atoms with Crippen molar-refractivity contribution in [2.24, 2.45) is 5.73 Å². The van der Waals surface area contributed by atoms with Crippen LogP contribution < -0.4 is 5.73 Å². The molecular weight excluding hydrogens is 251 g/mol. The van der Waals surface area contributed by atoms with Crippen molar-refractivity contribution in [3.8, 4) is 0 Å². The lowest BCUT2D eigenvalue weighted by molar-refractivity contribution is -0.177. The first-order valence-corrected chi connectivity index (χ1v) is 5.61. The molecule has 0 spiro atoms. The molecule has 1 saturated carbocycles. The van der Waals surface area contributed by atoms with Gasteiger partial charge in [0, 0.05) is 12.0 Å². The zero-order chi connectivity index (χ0) is 13.2. The van der Waals surface area contributed by atoms with E-state index < -0.39 is 12.8 Å². The average Bonchev–Trinajstić information content (AvgIpc) is 2.61. The van der Waals surface area contributed by atoms with Crippen LogP contribution in [0.2, 0.25) is 0 Å². The Hall–Kier alpha value is -1.15. The van der Waals surface area contributed by atoms with Gasteiger partial charge in [0.1, 0.15) is 13.2 Å². The van der Waals surface area contributed by atoms with E-state index in [0.717, 1.165) is 19.3 Å². The molecule has 0 aliphatic heterocycles. The van der Waals surface area contributed by atoms with Crippen molar-refractivity contribution >= 4 is 0 Å². The molecule has 0 bridgehead atoms. The summed E-state index contributed by atoms with van der Waals surface area (Å²) in [6.07, 6.45) is -1.02. The molecule has 1 aromatic heterocycles. The number of hydrogen-bond donors (Lipinski definition) is 1. The van der Waals surface area contributed by atoms with E-state index in [-0.39, 0.29) is 18.0 Å². The first-order valence-electron chi connectivity index (χ1n) is 5.61. The van der Waals surface area contributed by atoms with Gasteiger partial charge in [-0.05, 0) is 19.3 Å². The average molecular weight is 265 g/mol. The molecule has 0 amide bonds. The van der Waals surface area contributed by atoms with Crippen molar-refractivity contribution in [1.29, 1.82) is 0 Å². The van der Waals surface area contributed by atoms with Gasteiger partial charge in [0.2, 0.25) is 5.89 Å². The first kappa shape index (κ1) is 13.3. The van der Waals surface area contributed by atoms with Crippen LogP contribution in [0.15, 0.2) is 4.52 Å². The van der Waals surface area contributed by atoms with Crippen LogP contribution in [0.5, 0.6) is 0 Å². The molecule has 18 heavy (non-hydrogen) atoms. The van der Waals surface area contributed by atoms with Gasteiger partial charge in [-0.1, -0.05) is 5.16 Å². The molecule has 1 heterocycles. The molecule has 5 nitrogen and oxygen atoms in total. The molecule has 0 saturated heterocycles. The first-order chi connectivity index (χ1) is 8.36. The van der Waals surface area contributed by atoms with E-state index in [1.165, 1.54) is 0 Å². The third-order valence-corrected chi connectivity index (χ3v) is 2.86. The molecule has 1 fully saturated rings. The van der Waals surface area contributed by atoms with E-state index in [1.54, 1.807) is 0 Å². The summed E-state index contributed by atoms with van der Waals surface area (Å²) >= 11 is 0. The number of rotatable bonds is 5. The normalized spacial score (nSPS) is 18.7. The fourth-order valence-electron chi connectivity index (χ4n) is 1.79. The minimum atomic E-state index is -4.35. The third kappa shape index (κ3) is 3.67. The second-order valence-corrected chi connectivity index (χ2v) is 4.61. The summed E-state index contributed by atoms with van der Waals surface area (Å²) in [7, 11) is 0. The van der Waals surface area contributed by atoms with E-state index in [4.69, 9.17) is 10.3 Å². The highest BCUT2D eigenvalue weighted by molar-refractivity contribution is 5.00. The summed E-state index contributed by atoms with van der Waals surface area (Å²) < 4.78 is 44.8. The van der Waals surface area contributed by atoms with E-state index in [9.17, 15) is 13.2 Å². The Morgan fingerprint density at radius 2 is 2.11 bits per heavy atom. The Morgan fingerprint density at radius 3 is 2.67 bits per heavy atom. The lowest BCUT2D eigenvalue weighted by Crippen LogP contribution is -2.48. The van der Waals surface area contributed by atoms with Crippen LogP contribution in [0.3, 0.4) is 0 Å². The molecule has 8 heteroatoms. The van der Waals surface area contributed by atoms with Gasteiger partial charge in [0.25, 0.3) is 0 Å². The topological polar surface area (TPSA) is 74.2 Å². The van der Waals surface area contributed by atoms with Crippen LogP contribution in [0.1, 0.15) is 31.0 Å². The summed E-state index contributed by atoms with van der Waals surface area (Å²) in [6.45, 7) is -1.64. The van der Waals surface area contributed by atoms with Crippen LogP contribution in [-0.2, 0) is 17.8 Å². The summed E-state index contributed by atoms with van der Waals surface area (Å²) in [6, 6.07) is 0. The lowest BCUT2D eigenvalue weighted by Gasteiger charge is -2.36. The van der Waals surface area contributed by atoms with Crippen molar-refractivity contribution in [3.05, 3.63) is 11.7 Å². The van der Waals surface area contributed by atoms with Gasteiger partial charge in [0.15, 0.2) is 5.82 Å². The maximum Gasteiger partial charge on any atom is 0.411 e. The Morgan fingerprint density at radius 1 is 1.39 bits per heavy atom. The number of halogens is 3. The molecule has 0 atom stereocenters. The molecule has 1 aliphatic rings. The minimum absolute atomic E-state index is 0.108. The fraction of sp³-hybridized carbons (Fsp3) is 0.800. The molecule has 1 aromatic rings. The summed E-state index contributed by atoms with van der Waals surface area (Å²) in [5.74, 6) is 0.458. The van der Waals surface area contributed by atoms with Gasteiger partial charge in [-0.3, -0.25) is 0 Å². The van der Waals surface area contributed by atoms with Crippen molar-refractivity contribution < 1.29 is 22.4 Å². The van der Waals surface area contributed by atoms with Gasteiger partial charge >= 0.3 is 6.18 Å². The van der Waals surface area contributed by atoms with Gasteiger partial charge in [-0.25, -0.2) is 0 Å². The van der Waals surface area contributed by atoms with Gasteiger partial charge < -0.3 is 15.0 Å². The Labute approximate surface area is 101 Å². The number of ether oxygens (including phenoxy) is 1. The lowest BCUT2D eigenvalue weighted by atomic mass is 9.75. The van der Waals surface area contributed by atoms with Crippen molar-refractivity contribution in [2.45, 2.75) is 44.0 Å². The highest BCUT2D eigenvalue weighted by Crippen LogP contribution is 2.31. The molecular formula is C10H14F3N3O2. The molecule has 102 valence electrons. The smallest absolute Gasteiger partial charge is 0.364 e. The third-order valence-electron chi connectivity index (χ3n) is 2.86. The monoisotopic (exact) mass is 265 g/mol. The number of hydrogen-bond acceptors (Lipinski definition) is 5. The zero-order valence-electron chi connectivity index (χ0n) is 9.66. The predicted molar refractivity (Wildman–Crippen MR) is 54.5 cm³/mol. The van der Waals surface area contributed by atoms with Crippen LogP contribution >= 0.6 is 0 Å². The Kier molecular flexibility index (Phi) is 3.58. The summed E-state index contributed by atoms with van der Waals surface area (Å²) in [4.78, 5) is 3.95. The maximum absolute atomic E-state index is 11.8. The van der Waals surface area contributed by atoms with Crippen LogP contribution in [0.25, 0.3) is 0 Å². The Balaban J connectivity index is 1.79. The Bertz CT molecular complexity index is 401. The fourth-order valence-corrected chi connectivity index (χ4v) is 1.79. The number of alkyl halides is 3. The molecule has 0 aromatic carbocycles. The quantitative estimate of drug-likeness (QED) is 0.874. The van der Waals surface area contributed by atoms with E-state index in [2.05, 4.69) is 14.9 Å². The van der Waals surface area contributed by atoms with Crippen LogP contribution in [0.4, 0.5) is 13.2 Å². The van der Waals surface area contributed by atoms with E-state index in [0.29, 0.717) is 12.3 Å². The molecule has 0 radical (unpaired) electrons. The molecule has 1 aliphatic carbocycles. The van der Waals surface area contributed by atoms with Gasteiger partial charge in [0.05, 0.1) is 0 Å². The maximum atomic E-state index is 11.8. The van der Waals surface area contributed by atoms with Crippen molar-refractivity contribution in [3.63, 3.8) is 0 Å². The predicted octanol–water partition coefficient (Wildman–Crippen LogP) is 1.57. The number of aromatic nitrogens is 2. The standard InChI is InChI=1S/C10H14F3N3O2/c11-10(12,13)6-17-5-7-15-8(18-16-7)4-9(14)2-1-3-9/h1-6,14H2. The molecule has 2 N–H and O–H groups in total. The minimum Gasteiger partial charge on any atom is -0.364 e. The number of nitrogens with two attached hydrogens (primary N) is 1. The zero-order valence-corrected chi connectivity index (χ0v) is 9.66. The summed E-state index contributed by atoms with van der Waals surface area (Å²) in [5.41, 5.74) is 5.70. The summed E-state index contributed by atoms with van der Waals surface area (Å²) in [5, 5.41) is 3.54. The highest BCUT2D eigenvalue weighted by atomic mass is 19.4. The van der Waals surface area contributed by atoms with Gasteiger partial charge in [-0.2, -0.15) is 18.2 Å². The van der Waals surface area contributed by atoms with Crippen molar-refractivity contribution in [1.82, 2.24) is 10.1 Å². The number of nitrogens with zero attached hydrogens (tertiary/aromatic N) is 2. The van der Waals surface area contributed by atoms with Crippen LogP contribution in [0, 0.1) is 0 Å². The van der Waals surface area contributed by atoms with Crippen LogP contribution in [-0.4, -0.2) is 28.5 Å². The van der Waals surface area contributed by atoms with E-state index >= 15 is 0 Å². The van der Waals surface area contributed by atoms with Gasteiger partial charge in [-0.15, -0.1) is 0 Å². The highest BCUT2D eigenvalue weighted by Gasteiger charge is 2.34. The SMILES string of the molecule is NC1(Cc2nc(COCC(F)(F)F)no2)CCC1.